The first kappa shape index (κ1) is 29.5. The Morgan fingerprint density at radius 2 is 1.65 bits per heavy atom. The molecule has 0 saturated carbocycles. The fourth-order valence-electron chi connectivity index (χ4n) is 4.84. The van der Waals surface area contributed by atoms with Gasteiger partial charge in [0.2, 0.25) is 0 Å². The summed E-state index contributed by atoms with van der Waals surface area (Å²) in [6.07, 6.45) is -2.70. The van der Waals surface area contributed by atoms with E-state index in [1.165, 1.54) is 0 Å². The molecule has 0 aliphatic carbocycles. The lowest BCUT2D eigenvalue weighted by atomic mass is 9.84. The van der Waals surface area contributed by atoms with Gasteiger partial charge in [-0.1, -0.05) is 60.5 Å². The van der Waals surface area contributed by atoms with E-state index in [1.54, 1.807) is 0 Å². The lowest BCUT2D eigenvalue weighted by Crippen LogP contribution is -2.60. The summed E-state index contributed by atoms with van der Waals surface area (Å²) >= 11 is 0. The molecule has 34 heavy (non-hydrogen) atoms. The van der Waals surface area contributed by atoms with Gasteiger partial charge in [0, 0.05) is 10.8 Å². The number of rotatable bonds is 9. The molecule has 2 saturated heterocycles. The number of aliphatic hydroxyl groups is 2. The van der Waals surface area contributed by atoms with Crippen molar-refractivity contribution in [2.24, 2.45) is 28.8 Å². The highest BCUT2D eigenvalue weighted by molar-refractivity contribution is 6.74. The predicted molar refractivity (Wildman–Crippen MR) is 133 cm³/mol. The van der Waals surface area contributed by atoms with Crippen LogP contribution in [-0.2, 0) is 18.6 Å². The van der Waals surface area contributed by atoms with Crippen LogP contribution in [0, 0.1) is 23.7 Å². The average Bonchev–Trinajstić information content (AvgIpc) is 2.77. The van der Waals surface area contributed by atoms with Crippen molar-refractivity contribution in [2.75, 3.05) is 6.61 Å². The Balaban J connectivity index is 2.29. The van der Waals surface area contributed by atoms with Gasteiger partial charge in [-0.2, -0.15) is 0 Å². The first-order chi connectivity index (χ1) is 15.7. The molecule has 2 fully saturated rings. The van der Waals surface area contributed by atoms with Crippen molar-refractivity contribution in [1.29, 1.82) is 0 Å². The zero-order valence-electron chi connectivity index (χ0n) is 22.6. The van der Waals surface area contributed by atoms with Gasteiger partial charge in [-0.05, 0) is 47.8 Å². The number of nitrogens with zero attached hydrogens (tertiary/aromatic N) is 3. The summed E-state index contributed by atoms with van der Waals surface area (Å²) in [6, 6.07) is -0.553. The van der Waals surface area contributed by atoms with Crippen molar-refractivity contribution in [3.8, 4) is 0 Å². The molecule has 0 radical (unpaired) electrons. The summed E-state index contributed by atoms with van der Waals surface area (Å²) in [5, 5.41) is 24.2. The van der Waals surface area contributed by atoms with Crippen molar-refractivity contribution < 1.29 is 28.8 Å². The molecule has 0 bridgehead atoms. The van der Waals surface area contributed by atoms with Crippen LogP contribution in [0.15, 0.2) is 5.11 Å². The Morgan fingerprint density at radius 3 is 2.15 bits per heavy atom. The van der Waals surface area contributed by atoms with Gasteiger partial charge in [0.05, 0.1) is 31.0 Å². The molecule has 9 nitrogen and oxygen atoms in total. The SMILES string of the molecule is CCC1O[C@@H](O[Si](C)(C)C(C)(C)C(C)C)C(N=[N+]=[N-])[C@@H](C)[C@@H]1O[C@@H]1OC(CO)[C@@H](O)[C@H](C)C1C. The van der Waals surface area contributed by atoms with Crippen LogP contribution in [0.1, 0.15) is 61.8 Å². The quantitative estimate of drug-likeness (QED) is 0.202. The molecule has 10 heteroatoms. The summed E-state index contributed by atoms with van der Waals surface area (Å²) in [6.45, 7) is 20.9. The summed E-state index contributed by atoms with van der Waals surface area (Å²) in [5.74, 6) is 0.0439. The van der Waals surface area contributed by atoms with E-state index >= 15 is 0 Å². The van der Waals surface area contributed by atoms with Gasteiger partial charge >= 0.3 is 0 Å². The van der Waals surface area contributed by atoms with Crippen LogP contribution in [0.5, 0.6) is 0 Å². The second kappa shape index (κ2) is 11.6. The number of hydrogen-bond acceptors (Lipinski definition) is 7. The molecule has 0 spiro atoms. The summed E-state index contributed by atoms with van der Waals surface area (Å²) in [5.41, 5.74) is 9.34. The summed E-state index contributed by atoms with van der Waals surface area (Å²) < 4.78 is 25.6. The molecule has 2 N–H and O–H groups in total. The van der Waals surface area contributed by atoms with E-state index in [9.17, 15) is 15.7 Å². The minimum atomic E-state index is -2.26. The molecular weight excluding hydrogens is 454 g/mol. The second-order valence-electron chi connectivity index (χ2n) is 11.5. The van der Waals surface area contributed by atoms with Crippen LogP contribution in [-0.4, -0.2) is 68.2 Å². The van der Waals surface area contributed by atoms with Crippen LogP contribution in [0.4, 0.5) is 0 Å². The molecule has 10 atom stereocenters. The van der Waals surface area contributed by atoms with Gasteiger partial charge in [0.1, 0.15) is 6.10 Å². The Morgan fingerprint density at radius 1 is 1.06 bits per heavy atom. The molecule has 0 aromatic heterocycles. The molecule has 2 rings (SSSR count). The van der Waals surface area contributed by atoms with Crippen molar-refractivity contribution in [3.63, 3.8) is 0 Å². The van der Waals surface area contributed by atoms with E-state index in [1.807, 2.05) is 27.7 Å². The maximum absolute atomic E-state index is 10.4. The first-order valence-corrected chi connectivity index (χ1v) is 15.6. The zero-order chi connectivity index (χ0) is 26.0. The van der Waals surface area contributed by atoms with Gasteiger partial charge in [-0.15, -0.1) is 0 Å². The molecule has 0 aromatic rings. The third kappa shape index (κ3) is 5.81. The normalized spacial score (nSPS) is 39.7. The third-order valence-electron chi connectivity index (χ3n) is 8.96. The highest BCUT2D eigenvalue weighted by Crippen LogP contribution is 2.47. The lowest BCUT2D eigenvalue weighted by molar-refractivity contribution is -0.317. The average molecular weight is 502 g/mol. The standard InChI is InChI=1S/C24H47N3O6Si/c1-11-17-21(32-22-15(5)14(4)20(29)18(12-28)31-22)16(6)19(26-27-25)23(30-17)33-34(9,10)24(7,8)13(2)3/h13-23,28-29H,11-12H2,1-10H3/t14-,15?,16-,17?,18?,19?,20+,21+,22+,23+/m1/s1. The van der Waals surface area contributed by atoms with Gasteiger partial charge in [0.15, 0.2) is 20.9 Å². The number of azide groups is 1. The summed E-state index contributed by atoms with van der Waals surface area (Å²) in [7, 11) is -2.26. The Labute approximate surface area is 206 Å². The molecule has 2 heterocycles. The molecule has 198 valence electrons. The van der Waals surface area contributed by atoms with Crippen molar-refractivity contribution in [3.05, 3.63) is 10.4 Å². The van der Waals surface area contributed by atoms with E-state index in [4.69, 9.17) is 18.6 Å². The predicted octanol–water partition coefficient (Wildman–Crippen LogP) is 4.83. The fourth-order valence-corrected chi connectivity index (χ4v) is 7.31. The molecule has 2 aliphatic rings. The van der Waals surface area contributed by atoms with Gasteiger partial charge < -0.3 is 28.8 Å². The van der Waals surface area contributed by atoms with E-state index in [2.05, 4.69) is 50.8 Å². The Kier molecular flexibility index (Phi) is 10.0. The van der Waals surface area contributed by atoms with Crippen molar-refractivity contribution >= 4 is 8.32 Å². The van der Waals surface area contributed by atoms with Gasteiger partial charge in [-0.3, -0.25) is 0 Å². The minimum absolute atomic E-state index is 0.0167. The highest BCUT2D eigenvalue weighted by atomic mass is 28.4. The largest absolute Gasteiger partial charge is 0.394 e. The first-order valence-electron chi connectivity index (χ1n) is 12.7. The Bertz CT molecular complexity index is 715. The molecule has 4 unspecified atom stereocenters. The van der Waals surface area contributed by atoms with Crippen LogP contribution >= 0.6 is 0 Å². The number of hydrogen-bond donors (Lipinski definition) is 2. The van der Waals surface area contributed by atoms with Crippen LogP contribution in [0.3, 0.4) is 0 Å². The third-order valence-corrected chi connectivity index (χ3v) is 13.5. The van der Waals surface area contributed by atoms with Gasteiger partial charge in [0.25, 0.3) is 0 Å². The second-order valence-corrected chi connectivity index (χ2v) is 16.1. The smallest absolute Gasteiger partial charge is 0.196 e. The zero-order valence-corrected chi connectivity index (χ0v) is 23.6. The number of aliphatic hydroxyl groups excluding tert-OH is 2. The highest BCUT2D eigenvalue weighted by Gasteiger charge is 2.52. The van der Waals surface area contributed by atoms with E-state index in [0.29, 0.717) is 12.3 Å². The van der Waals surface area contributed by atoms with Gasteiger partial charge in [-0.25, -0.2) is 0 Å². The molecule has 0 aromatic carbocycles. The lowest BCUT2D eigenvalue weighted by Gasteiger charge is -2.51. The van der Waals surface area contributed by atoms with E-state index < -0.39 is 45.3 Å². The fraction of sp³-hybridized carbons (Fsp3) is 1.00. The maximum Gasteiger partial charge on any atom is 0.196 e. The topological polar surface area (TPSA) is 126 Å². The van der Waals surface area contributed by atoms with E-state index in [-0.39, 0.29) is 35.5 Å². The van der Waals surface area contributed by atoms with Crippen LogP contribution < -0.4 is 0 Å². The minimum Gasteiger partial charge on any atom is -0.394 e. The van der Waals surface area contributed by atoms with Crippen LogP contribution in [0.25, 0.3) is 10.4 Å². The summed E-state index contributed by atoms with van der Waals surface area (Å²) in [4.78, 5) is 3.11. The number of ether oxygens (including phenoxy) is 3. The molecule has 2 aliphatic heterocycles. The monoisotopic (exact) mass is 501 g/mol. The van der Waals surface area contributed by atoms with Crippen LogP contribution in [0.2, 0.25) is 18.1 Å². The molecule has 0 amide bonds. The van der Waals surface area contributed by atoms with E-state index in [0.717, 1.165) is 0 Å². The van der Waals surface area contributed by atoms with Crippen molar-refractivity contribution in [2.45, 2.75) is 123 Å². The van der Waals surface area contributed by atoms with Crippen molar-refractivity contribution in [1.82, 2.24) is 0 Å². The Hall–Kier alpha value is -0.713. The molecular formula is C24H47N3O6Si. The maximum atomic E-state index is 10.4.